The molecule has 1 amide bonds. The molecule has 0 radical (unpaired) electrons. The molecule has 1 N–H and O–H groups in total. The molecule has 1 aromatic heterocycles. The quantitative estimate of drug-likeness (QED) is 0.910. The Morgan fingerprint density at radius 3 is 3.00 bits per heavy atom. The fraction of sp³-hybridized carbons (Fsp3) is 0.647. The number of aromatic amines is 1. The topological polar surface area (TPSA) is 49.0 Å². The first-order valence-electron chi connectivity index (χ1n) is 8.47. The number of amides is 1. The Kier molecular flexibility index (Phi) is 3.99. The molecule has 22 heavy (non-hydrogen) atoms. The average molecular weight is 317 g/mol. The summed E-state index contributed by atoms with van der Waals surface area (Å²) in [5, 5.41) is 0. The molecule has 1 aromatic rings. The van der Waals surface area contributed by atoms with Crippen LogP contribution < -0.4 is 0 Å². The summed E-state index contributed by atoms with van der Waals surface area (Å²) in [5.41, 5.74) is 1.04. The Hall–Kier alpha value is -1.23. The molecule has 1 aliphatic carbocycles. The van der Waals surface area contributed by atoms with E-state index in [1.165, 1.54) is 43.4 Å². The van der Waals surface area contributed by atoms with E-state index >= 15 is 0 Å². The highest BCUT2D eigenvalue weighted by molar-refractivity contribution is 8.08. The molecule has 2 fully saturated rings. The number of hydrogen-bond acceptors (Lipinski definition) is 3. The third kappa shape index (κ3) is 2.60. The van der Waals surface area contributed by atoms with E-state index in [1.54, 1.807) is 18.1 Å². The van der Waals surface area contributed by atoms with Crippen molar-refractivity contribution in [3.63, 3.8) is 0 Å². The molecule has 0 bridgehead atoms. The minimum atomic E-state index is 0.0453. The largest absolute Gasteiger partial charge is 0.344 e. The van der Waals surface area contributed by atoms with Gasteiger partial charge in [0.25, 0.3) is 0 Å². The predicted octanol–water partition coefficient (Wildman–Crippen LogP) is 3.29. The molecule has 3 heterocycles. The molecule has 1 saturated carbocycles. The van der Waals surface area contributed by atoms with Gasteiger partial charge in [-0.1, -0.05) is 18.9 Å². The monoisotopic (exact) mass is 317 g/mol. The van der Waals surface area contributed by atoms with Crippen molar-refractivity contribution in [1.82, 2.24) is 14.9 Å². The van der Waals surface area contributed by atoms with Gasteiger partial charge < -0.3 is 9.88 Å². The van der Waals surface area contributed by atoms with Crippen LogP contribution >= 0.6 is 11.8 Å². The lowest BCUT2D eigenvalue weighted by Crippen LogP contribution is -2.51. The van der Waals surface area contributed by atoms with Crippen LogP contribution in [0.2, 0.25) is 0 Å². The van der Waals surface area contributed by atoms with Crippen molar-refractivity contribution in [1.29, 1.82) is 0 Å². The van der Waals surface area contributed by atoms with E-state index in [-0.39, 0.29) is 5.92 Å². The molecule has 4 rings (SSSR count). The molecule has 0 aromatic carbocycles. The molecule has 3 atom stereocenters. The molecule has 2 aliphatic heterocycles. The van der Waals surface area contributed by atoms with Crippen LogP contribution in [-0.2, 0) is 4.79 Å². The first-order chi connectivity index (χ1) is 10.8. The van der Waals surface area contributed by atoms with Gasteiger partial charge in [0.15, 0.2) is 0 Å². The number of rotatable bonds is 2. The van der Waals surface area contributed by atoms with E-state index in [9.17, 15) is 4.79 Å². The maximum Gasteiger partial charge on any atom is 0.230 e. The summed E-state index contributed by atoms with van der Waals surface area (Å²) in [6.07, 6.45) is 13.4. The van der Waals surface area contributed by atoms with Crippen molar-refractivity contribution in [3.05, 3.63) is 24.3 Å². The number of likely N-dealkylation sites (tertiary alicyclic amines) is 1. The zero-order valence-corrected chi connectivity index (χ0v) is 13.6. The normalized spacial score (nSPS) is 31.7. The smallest absolute Gasteiger partial charge is 0.230 e. The van der Waals surface area contributed by atoms with Crippen LogP contribution in [0.1, 0.15) is 44.2 Å². The number of nitrogens with zero attached hydrogens (tertiary/aromatic N) is 2. The summed E-state index contributed by atoms with van der Waals surface area (Å²) in [6, 6.07) is 0.518. The molecule has 4 nitrogen and oxygen atoms in total. The van der Waals surface area contributed by atoms with E-state index in [0.29, 0.717) is 11.9 Å². The second kappa shape index (κ2) is 6.11. The van der Waals surface area contributed by atoms with E-state index in [1.807, 2.05) is 6.20 Å². The minimum absolute atomic E-state index is 0.0453. The van der Waals surface area contributed by atoms with Crippen LogP contribution in [0.25, 0.3) is 4.91 Å². The SMILES string of the molecule is O=C(C1C=C(c2cnc[nH]2)SC1)N1CCCC2CCCCC21. The number of aromatic nitrogens is 2. The number of H-pyrrole nitrogens is 1. The highest BCUT2D eigenvalue weighted by Crippen LogP contribution is 2.40. The average Bonchev–Trinajstić information content (AvgIpc) is 3.24. The van der Waals surface area contributed by atoms with Gasteiger partial charge in [0, 0.05) is 23.2 Å². The first-order valence-corrected chi connectivity index (χ1v) is 9.45. The fourth-order valence-electron chi connectivity index (χ4n) is 4.27. The molecule has 3 aliphatic rings. The molecule has 118 valence electrons. The van der Waals surface area contributed by atoms with Crippen molar-refractivity contribution in [2.45, 2.75) is 44.6 Å². The van der Waals surface area contributed by atoms with Gasteiger partial charge in [-0.2, -0.15) is 0 Å². The van der Waals surface area contributed by atoms with E-state index in [4.69, 9.17) is 0 Å². The zero-order chi connectivity index (χ0) is 14.9. The summed E-state index contributed by atoms with van der Waals surface area (Å²) in [4.78, 5) is 23.6. The molecule has 3 unspecified atom stereocenters. The van der Waals surface area contributed by atoms with Gasteiger partial charge >= 0.3 is 0 Å². The van der Waals surface area contributed by atoms with Crippen LogP contribution in [0.15, 0.2) is 18.6 Å². The first kappa shape index (κ1) is 14.4. The highest BCUT2D eigenvalue weighted by atomic mass is 32.2. The lowest BCUT2D eigenvalue weighted by Gasteiger charge is -2.44. The third-order valence-corrected chi connectivity index (χ3v) is 6.57. The number of piperidine rings is 1. The van der Waals surface area contributed by atoms with Crippen molar-refractivity contribution in [2.24, 2.45) is 11.8 Å². The van der Waals surface area contributed by atoms with Crippen molar-refractivity contribution < 1.29 is 4.79 Å². The minimum Gasteiger partial charge on any atom is -0.344 e. The predicted molar refractivity (Wildman–Crippen MR) is 89.2 cm³/mol. The number of nitrogens with one attached hydrogen (secondary N) is 1. The van der Waals surface area contributed by atoms with Gasteiger partial charge in [0.05, 0.1) is 24.1 Å². The van der Waals surface area contributed by atoms with Crippen LogP contribution in [0.3, 0.4) is 0 Å². The lowest BCUT2D eigenvalue weighted by atomic mass is 9.78. The second-order valence-electron chi connectivity index (χ2n) is 6.70. The van der Waals surface area contributed by atoms with Gasteiger partial charge in [0.2, 0.25) is 5.91 Å². The van der Waals surface area contributed by atoms with Crippen LogP contribution in [-0.4, -0.2) is 39.1 Å². The van der Waals surface area contributed by atoms with Crippen LogP contribution in [0.5, 0.6) is 0 Å². The summed E-state index contributed by atoms with van der Waals surface area (Å²) < 4.78 is 0. The standard InChI is InChI=1S/C17H23N3OS/c21-17(13-8-16(22-10-13)14-9-18-11-19-14)20-7-3-5-12-4-1-2-6-15(12)20/h8-9,11-13,15H,1-7,10H2,(H,18,19). The number of carbonyl (C=O) groups excluding carboxylic acids is 1. The Morgan fingerprint density at radius 2 is 2.14 bits per heavy atom. The maximum atomic E-state index is 13.0. The number of hydrogen-bond donors (Lipinski definition) is 1. The summed E-state index contributed by atoms with van der Waals surface area (Å²) >= 11 is 1.77. The fourth-order valence-corrected chi connectivity index (χ4v) is 5.40. The molecule has 5 heteroatoms. The van der Waals surface area contributed by atoms with Crippen molar-refractivity contribution >= 4 is 22.6 Å². The summed E-state index contributed by atoms with van der Waals surface area (Å²) in [5.74, 6) is 2.04. The van der Waals surface area contributed by atoms with Gasteiger partial charge in [-0.05, 0) is 31.6 Å². The van der Waals surface area contributed by atoms with Gasteiger partial charge in [-0.25, -0.2) is 4.98 Å². The van der Waals surface area contributed by atoms with E-state index in [0.717, 1.165) is 23.9 Å². The maximum absolute atomic E-state index is 13.0. The number of imidazole rings is 1. The molecule has 0 spiro atoms. The highest BCUT2D eigenvalue weighted by Gasteiger charge is 2.38. The zero-order valence-electron chi connectivity index (χ0n) is 12.8. The van der Waals surface area contributed by atoms with Gasteiger partial charge in [0.1, 0.15) is 0 Å². The molecular formula is C17H23N3OS. The van der Waals surface area contributed by atoms with Crippen LogP contribution in [0, 0.1) is 11.8 Å². The third-order valence-electron chi connectivity index (χ3n) is 5.38. The molecular weight excluding hydrogens is 294 g/mol. The van der Waals surface area contributed by atoms with E-state index < -0.39 is 0 Å². The Balaban J connectivity index is 1.49. The number of thioether (sulfide) groups is 1. The second-order valence-corrected chi connectivity index (χ2v) is 7.76. The van der Waals surface area contributed by atoms with Crippen molar-refractivity contribution in [2.75, 3.05) is 12.3 Å². The summed E-state index contributed by atoms with van der Waals surface area (Å²) in [6.45, 7) is 0.967. The number of fused-ring (bicyclic) bond motifs is 1. The van der Waals surface area contributed by atoms with Crippen molar-refractivity contribution in [3.8, 4) is 0 Å². The molecule has 1 saturated heterocycles. The van der Waals surface area contributed by atoms with E-state index in [2.05, 4.69) is 20.9 Å². The van der Waals surface area contributed by atoms with Gasteiger partial charge in [-0.3, -0.25) is 4.79 Å². The van der Waals surface area contributed by atoms with Crippen LogP contribution in [0.4, 0.5) is 0 Å². The Morgan fingerprint density at radius 1 is 1.27 bits per heavy atom. The lowest BCUT2D eigenvalue weighted by molar-refractivity contribution is -0.139. The summed E-state index contributed by atoms with van der Waals surface area (Å²) in [7, 11) is 0. The van der Waals surface area contributed by atoms with Gasteiger partial charge in [-0.15, -0.1) is 11.8 Å². The number of carbonyl (C=O) groups is 1. The Bertz CT molecular complexity index is 566. The Labute approximate surface area is 135 Å².